The van der Waals surface area contributed by atoms with Crippen molar-refractivity contribution in [2.24, 2.45) is 0 Å². The lowest BCUT2D eigenvalue weighted by molar-refractivity contribution is -0.137. The number of rotatable bonds is 10. The Bertz CT molecular complexity index is 1170. The van der Waals surface area contributed by atoms with E-state index < -0.39 is 11.9 Å². The molecule has 35 heavy (non-hydrogen) atoms. The number of nitrogens with two attached hydrogens (primary N) is 2. The summed E-state index contributed by atoms with van der Waals surface area (Å²) in [5.41, 5.74) is 14.8. The zero-order valence-corrected chi connectivity index (χ0v) is 19.3. The Balaban J connectivity index is 1.42. The Morgan fingerprint density at radius 2 is 1.91 bits per heavy atom. The van der Waals surface area contributed by atoms with E-state index in [1.54, 1.807) is 54.6 Å². The SMILES string of the molecule is C#CCCOC1C=CC(C(=O)Oc2ccc(/C=C/C(=O)OCCc3ccc(N)cc3N)cc2)=CC1. The molecule has 1 atom stereocenters. The van der Waals surface area contributed by atoms with Crippen molar-refractivity contribution in [3.63, 3.8) is 0 Å². The highest BCUT2D eigenvalue weighted by Crippen LogP contribution is 2.19. The molecule has 1 aliphatic rings. The molecule has 1 unspecified atom stereocenters. The van der Waals surface area contributed by atoms with Gasteiger partial charge in [0.05, 0.1) is 24.9 Å². The summed E-state index contributed by atoms with van der Waals surface area (Å²) in [5.74, 6) is 2.01. The fourth-order valence-electron chi connectivity index (χ4n) is 3.27. The summed E-state index contributed by atoms with van der Waals surface area (Å²) < 4.78 is 16.2. The number of carbonyl (C=O) groups excluding carboxylic acids is 2. The van der Waals surface area contributed by atoms with E-state index in [0.717, 1.165) is 11.1 Å². The second-order valence-corrected chi connectivity index (χ2v) is 7.79. The third-order valence-corrected chi connectivity index (χ3v) is 5.16. The highest BCUT2D eigenvalue weighted by Gasteiger charge is 2.15. The van der Waals surface area contributed by atoms with Gasteiger partial charge in [0.2, 0.25) is 0 Å². The topological polar surface area (TPSA) is 114 Å². The number of terminal acetylenes is 1. The number of carbonyl (C=O) groups is 2. The van der Waals surface area contributed by atoms with Gasteiger partial charge < -0.3 is 25.7 Å². The molecule has 0 spiro atoms. The lowest BCUT2D eigenvalue weighted by atomic mass is 10.1. The van der Waals surface area contributed by atoms with Crippen LogP contribution in [0, 0.1) is 12.3 Å². The Hall–Kier alpha value is -4.28. The second kappa shape index (κ2) is 12.8. The predicted octanol–water partition coefficient (Wildman–Crippen LogP) is 3.85. The Kier molecular flexibility index (Phi) is 9.29. The molecule has 0 bridgehead atoms. The average Bonchev–Trinajstić information content (AvgIpc) is 2.85. The number of esters is 2. The zero-order valence-electron chi connectivity index (χ0n) is 19.3. The standard InChI is InChI=1S/C28H28N2O5/c1-2-3-17-33-24-13-8-22(9-14-24)28(32)35-25-11-4-20(5-12-25)6-15-27(31)34-18-16-21-7-10-23(29)19-26(21)30/h1,4-13,15,19,24H,3,14,16-18,29-30H2/b15-6+. The summed E-state index contributed by atoms with van der Waals surface area (Å²) >= 11 is 0. The van der Waals surface area contributed by atoms with Crippen molar-refractivity contribution in [3.05, 3.63) is 83.5 Å². The van der Waals surface area contributed by atoms with Gasteiger partial charge in [0, 0.05) is 30.3 Å². The first kappa shape index (κ1) is 25.3. The number of hydrogen-bond acceptors (Lipinski definition) is 7. The van der Waals surface area contributed by atoms with E-state index in [1.807, 2.05) is 12.1 Å². The number of anilines is 2. The summed E-state index contributed by atoms with van der Waals surface area (Å²) in [4.78, 5) is 24.3. The Morgan fingerprint density at radius 1 is 1.11 bits per heavy atom. The van der Waals surface area contributed by atoms with Crippen molar-refractivity contribution in [3.8, 4) is 18.1 Å². The third-order valence-electron chi connectivity index (χ3n) is 5.16. The van der Waals surface area contributed by atoms with Crippen molar-refractivity contribution in [2.45, 2.75) is 25.4 Å². The van der Waals surface area contributed by atoms with Crippen LogP contribution < -0.4 is 16.2 Å². The first-order chi connectivity index (χ1) is 16.9. The molecule has 0 aromatic heterocycles. The van der Waals surface area contributed by atoms with Crippen molar-refractivity contribution in [1.29, 1.82) is 0 Å². The molecule has 0 heterocycles. The van der Waals surface area contributed by atoms with Crippen molar-refractivity contribution < 1.29 is 23.8 Å². The summed E-state index contributed by atoms with van der Waals surface area (Å²) in [6, 6.07) is 12.0. The molecular weight excluding hydrogens is 444 g/mol. The van der Waals surface area contributed by atoms with Crippen molar-refractivity contribution in [2.75, 3.05) is 24.7 Å². The molecule has 4 N–H and O–H groups in total. The minimum atomic E-state index is -0.466. The van der Waals surface area contributed by atoms with Gasteiger partial charge in [-0.15, -0.1) is 12.3 Å². The maximum absolute atomic E-state index is 12.4. The normalized spacial score (nSPS) is 14.8. The average molecular weight is 473 g/mol. The highest BCUT2D eigenvalue weighted by molar-refractivity contribution is 5.93. The summed E-state index contributed by atoms with van der Waals surface area (Å²) in [5, 5.41) is 0. The monoisotopic (exact) mass is 472 g/mol. The molecule has 0 radical (unpaired) electrons. The second-order valence-electron chi connectivity index (χ2n) is 7.79. The molecule has 2 aromatic rings. The molecule has 7 heteroatoms. The lowest BCUT2D eigenvalue weighted by Gasteiger charge is -2.16. The highest BCUT2D eigenvalue weighted by atomic mass is 16.5. The number of nitrogen functional groups attached to an aromatic ring is 2. The molecule has 0 saturated carbocycles. The van der Waals surface area contributed by atoms with Gasteiger partial charge in [0.15, 0.2) is 0 Å². The lowest BCUT2D eigenvalue weighted by Crippen LogP contribution is -2.17. The van der Waals surface area contributed by atoms with E-state index in [2.05, 4.69) is 5.92 Å². The summed E-state index contributed by atoms with van der Waals surface area (Å²) in [7, 11) is 0. The van der Waals surface area contributed by atoms with Crippen molar-refractivity contribution >= 4 is 29.4 Å². The van der Waals surface area contributed by atoms with Crippen LogP contribution in [0.3, 0.4) is 0 Å². The first-order valence-electron chi connectivity index (χ1n) is 11.2. The number of hydrogen-bond donors (Lipinski definition) is 2. The Labute approximate surface area is 205 Å². The van der Waals surface area contributed by atoms with Gasteiger partial charge in [-0.3, -0.25) is 0 Å². The predicted molar refractivity (Wildman–Crippen MR) is 136 cm³/mol. The van der Waals surface area contributed by atoms with E-state index in [4.69, 9.17) is 32.1 Å². The van der Waals surface area contributed by atoms with Crippen LogP contribution >= 0.6 is 0 Å². The minimum absolute atomic E-state index is 0.0894. The fraction of sp³-hybridized carbons (Fsp3) is 0.214. The number of benzene rings is 2. The van der Waals surface area contributed by atoms with Crippen LogP contribution in [-0.2, 0) is 25.5 Å². The third kappa shape index (κ3) is 8.22. The molecule has 0 aliphatic heterocycles. The van der Waals surface area contributed by atoms with Crippen molar-refractivity contribution in [1.82, 2.24) is 0 Å². The minimum Gasteiger partial charge on any atom is -0.462 e. The Morgan fingerprint density at radius 3 is 2.60 bits per heavy atom. The van der Waals surface area contributed by atoms with Crippen LogP contribution in [0.2, 0.25) is 0 Å². The van der Waals surface area contributed by atoms with Gasteiger partial charge >= 0.3 is 11.9 Å². The molecular formula is C28H28N2O5. The van der Waals surface area contributed by atoms with Crippen LogP contribution in [0.25, 0.3) is 6.08 Å². The maximum atomic E-state index is 12.4. The van der Waals surface area contributed by atoms with Crippen LogP contribution in [-0.4, -0.2) is 31.3 Å². The van der Waals surface area contributed by atoms with Gasteiger partial charge in [-0.2, -0.15) is 0 Å². The molecule has 0 amide bonds. The van der Waals surface area contributed by atoms with Crippen LogP contribution in [0.5, 0.6) is 5.75 Å². The van der Waals surface area contributed by atoms with Crippen LogP contribution in [0.4, 0.5) is 11.4 Å². The van der Waals surface area contributed by atoms with Gasteiger partial charge in [0.1, 0.15) is 5.75 Å². The molecule has 0 fully saturated rings. The molecule has 1 aliphatic carbocycles. The molecule has 0 saturated heterocycles. The smallest absolute Gasteiger partial charge is 0.343 e. The van der Waals surface area contributed by atoms with Crippen LogP contribution in [0.1, 0.15) is 24.0 Å². The van der Waals surface area contributed by atoms with E-state index in [-0.39, 0.29) is 12.7 Å². The fourth-order valence-corrected chi connectivity index (χ4v) is 3.27. The number of ether oxygens (including phenoxy) is 3. The molecule has 180 valence electrons. The maximum Gasteiger partial charge on any atom is 0.343 e. The molecule has 3 rings (SSSR count). The van der Waals surface area contributed by atoms with Gasteiger partial charge in [-0.25, -0.2) is 9.59 Å². The quantitative estimate of drug-likeness (QED) is 0.135. The van der Waals surface area contributed by atoms with E-state index >= 15 is 0 Å². The first-order valence-corrected chi connectivity index (χ1v) is 11.2. The molecule has 7 nitrogen and oxygen atoms in total. The van der Waals surface area contributed by atoms with E-state index in [0.29, 0.717) is 48.6 Å². The largest absolute Gasteiger partial charge is 0.462 e. The summed E-state index contributed by atoms with van der Waals surface area (Å²) in [6.07, 6.45) is 15.0. The van der Waals surface area contributed by atoms with E-state index in [1.165, 1.54) is 6.08 Å². The van der Waals surface area contributed by atoms with Crippen LogP contribution in [0.15, 0.2) is 72.3 Å². The van der Waals surface area contributed by atoms with Gasteiger partial charge in [-0.1, -0.05) is 30.4 Å². The van der Waals surface area contributed by atoms with Gasteiger partial charge in [0.25, 0.3) is 0 Å². The van der Waals surface area contributed by atoms with E-state index in [9.17, 15) is 9.59 Å². The molecule has 2 aromatic carbocycles. The van der Waals surface area contributed by atoms with Gasteiger partial charge in [-0.05, 0) is 54.0 Å². The summed E-state index contributed by atoms with van der Waals surface area (Å²) in [6.45, 7) is 0.685. The zero-order chi connectivity index (χ0) is 25.0.